The summed E-state index contributed by atoms with van der Waals surface area (Å²) in [7, 11) is 2.15. The molecule has 636 valence electrons. The van der Waals surface area contributed by atoms with Crippen LogP contribution in [0, 0.1) is 0 Å². The first-order valence-electron chi connectivity index (χ1n) is 39.4. The van der Waals surface area contributed by atoms with E-state index in [0.29, 0.717) is 104 Å². The molecule has 0 radical (unpaired) electrons. The number of furan rings is 4. The monoisotopic (exact) mass is 1690 g/mol. The van der Waals surface area contributed by atoms with Gasteiger partial charge in [0, 0.05) is 133 Å². The molecule has 18 rings (SSSR count). The van der Waals surface area contributed by atoms with Gasteiger partial charge in [-0.1, -0.05) is 24.3 Å². The van der Waals surface area contributed by atoms with Gasteiger partial charge < -0.3 is 53.3 Å². The van der Waals surface area contributed by atoms with E-state index in [1.54, 1.807) is 146 Å². The predicted octanol–water partition coefficient (Wildman–Crippen LogP) is 12.5. The number of morpholine rings is 1. The lowest BCUT2D eigenvalue weighted by atomic mass is 10.2. The number of aromatic amines is 4. The van der Waals surface area contributed by atoms with Gasteiger partial charge >= 0.3 is 6.18 Å². The van der Waals surface area contributed by atoms with E-state index in [1.165, 1.54) is 16.9 Å². The molecule has 16 aromatic heterocycles. The minimum Gasteiger partial charge on any atom is -0.451 e. The summed E-state index contributed by atoms with van der Waals surface area (Å²) in [4.78, 5) is 75.7. The minimum atomic E-state index is -4.40. The van der Waals surface area contributed by atoms with E-state index in [2.05, 4.69) is 119 Å². The van der Waals surface area contributed by atoms with Crippen LogP contribution in [0.1, 0.15) is 62.1 Å². The van der Waals surface area contributed by atoms with Crippen molar-refractivity contribution in [2.75, 3.05) is 107 Å². The summed E-state index contributed by atoms with van der Waals surface area (Å²) in [5.41, 5.74) is 9.78. The number of piperazine rings is 1. The van der Waals surface area contributed by atoms with Crippen LogP contribution in [-0.4, -0.2) is 230 Å². The maximum atomic E-state index is 12.9. The number of rotatable bonds is 27. The number of anilines is 4. The van der Waals surface area contributed by atoms with E-state index < -0.39 is 18.7 Å². The van der Waals surface area contributed by atoms with E-state index in [0.717, 1.165) is 88.8 Å². The van der Waals surface area contributed by atoms with Gasteiger partial charge in [0.05, 0.1) is 120 Å². The maximum Gasteiger partial charge on any atom is 0.411 e. The first-order valence-corrected chi connectivity index (χ1v) is 39.4. The Labute approximate surface area is 704 Å². The van der Waals surface area contributed by atoms with Gasteiger partial charge in [0.1, 0.15) is 52.4 Å². The third-order valence-electron chi connectivity index (χ3n) is 19.3. The van der Waals surface area contributed by atoms with Crippen LogP contribution in [-0.2, 0) is 29.1 Å². The number of ether oxygens (including phenoxy) is 2. The lowest BCUT2D eigenvalue weighted by Crippen LogP contribution is -2.45. The number of alkyl halides is 3. The van der Waals surface area contributed by atoms with Crippen LogP contribution in [0.4, 0.5) is 35.9 Å². The topological polar surface area (TPSA) is 435 Å². The molecule has 4 amide bonds. The third-order valence-corrected chi connectivity index (χ3v) is 19.3. The lowest BCUT2D eigenvalue weighted by molar-refractivity contribution is -0.174. The molecule has 0 aliphatic carbocycles. The predicted molar refractivity (Wildman–Crippen MR) is 447 cm³/mol. The first-order chi connectivity index (χ1) is 60.4. The molecule has 16 aromatic rings. The Bertz CT molecular complexity index is 6040. The highest BCUT2D eigenvalue weighted by Crippen LogP contribution is 2.33. The van der Waals surface area contributed by atoms with Crippen LogP contribution in [0.2, 0.25) is 0 Å². The van der Waals surface area contributed by atoms with Crippen molar-refractivity contribution in [2.24, 2.45) is 0 Å². The van der Waals surface area contributed by atoms with E-state index >= 15 is 0 Å². The average molecular weight is 1690 g/mol. The number of hydrogen-bond acceptors (Lipinski definition) is 25. The van der Waals surface area contributed by atoms with Crippen molar-refractivity contribution in [3.05, 3.63) is 243 Å². The van der Waals surface area contributed by atoms with Gasteiger partial charge in [-0.25, -0.2) is 0 Å². The van der Waals surface area contributed by atoms with Gasteiger partial charge in [0.25, 0.3) is 23.6 Å². The van der Waals surface area contributed by atoms with Crippen LogP contribution < -0.4 is 21.3 Å². The molecule has 0 saturated carbocycles. The fraction of sp³-hybridized carbons (Fsp3) is 0.238. The van der Waals surface area contributed by atoms with Gasteiger partial charge in [-0.3, -0.25) is 88.0 Å². The van der Waals surface area contributed by atoms with Crippen molar-refractivity contribution in [3.63, 3.8) is 0 Å². The van der Waals surface area contributed by atoms with Crippen molar-refractivity contribution in [3.8, 4) is 91.0 Å². The Morgan fingerprint density at radius 2 is 0.815 bits per heavy atom. The molecule has 0 aromatic carbocycles. The van der Waals surface area contributed by atoms with Gasteiger partial charge in [-0.15, -0.1) is 0 Å². The standard InChI is InChI=1S/C23H26N8O2.C22H23N7O3.C20H17F3N6O3.C19H18N6O2/c1-29-8-10-30(11-9-29)12-13-31-16-19(22(28-31)18-4-2-3-7-24-18)27-23(32)21-6-5-20(33-21)17-14-25-26-15-17;30-22(20-5-4-19(32-20)16-13-24-25-14-16)26-18-15-29(8-7-28-9-11-31-12-10-28)27-21(18)17-3-1-2-6-23-17;21-20(22,23)12-31-10-9-29-11-15(18(28-29)14-3-1-2-7-24-14)26-19(30)17-5-4-16(32-17)13-6-8-25-27-13;1-12(2)25-11-15(18(24-25)14-5-3-4-8-20-14)23-19(26)17-7-6-16(27-17)13-9-21-22-10-13/h2-7,14-16H,8-13H2,1H3,(H,25,26)(H,27,32);1-6,13-15H,7-12H2,(H,24,25)(H,26,30);1-8,11H,9-10,12H2,(H,25,27)(H,26,30);3-12H,1-2H3,(H,21,22)(H,23,26). The largest absolute Gasteiger partial charge is 0.451 e. The smallest absolute Gasteiger partial charge is 0.411 e. The number of amides is 4. The van der Waals surface area contributed by atoms with Crippen molar-refractivity contribution in [1.82, 2.24) is 115 Å². The SMILES string of the molecule is CC(C)n1cc(NC(=O)c2ccc(-c3cn[nH]c3)o2)c(-c2ccccn2)n1.CN1CCN(CCn2cc(NC(=O)c3ccc(-c4cn[nH]c4)o3)c(-c3ccccn3)n2)CC1.O=C(Nc1cn(CCN2CCOCC2)nc1-c1ccccn1)c1ccc(-c2cn[nH]c2)o1.O=C(Nc1cn(CCOCC(F)(F)F)nc1-c1ccccn1)c1ccc(-c2ccn[nH]2)o1. The molecular formula is C84H84F3N27O10. The number of carbonyl (C=O) groups is 4. The van der Waals surface area contributed by atoms with Crippen molar-refractivity contribution in [1.29, 1.82) is 0 Å². The molecular weight excluding hydrogens is 1600 g/mol. The highest BCUT2D eigenvalue weighted by molar-refractivity contribution is 6.07. The summed E-state index contributed by atoms with van der Waals surface area (Å²) in [6.07, 6.45) is 20.9. The van der Waals surface area contributed by atoms with Gasteiger partial charge in [0.15, 0.2) is 28.8 Å². The molecule has 18 heterocycles. The Morgan fingerprint density at radius 3 is 1.18 bits per heavy atom. The van der Waals surface area contributed by atoms with Crippen molar-refractivity contribution >= 4 is 46.4 Å². The molecule has 0 bridgehead atoms. The first kappa shape index (κ1) is 83.9. The summed E-state index contributed by atoms with van der Waals surface area (Å²) < 4.78 is 76.3. The molecule has 2 aliphatic heterocycles. The fourth-order valence-electron chi connectivity index (χ4n) is 12.9. The number of pyridine rings is 4. The molecule has 124 heavy (non-hydrogen) atoms. The maximum absolute atomic E-state index is 12.9. The van der Waals surface area contributed by atoms with Gasteiger partial charge in [-0.05, 0) is 124 Å². The molecule has 8 N–H and O–H groups in total. The van der Waals surface area contributed by atoms with Gasteiger partial charge in [0.2, 0.25) is 0 Å². The number of H-pyrrole nitrogens is 4. The van der Waals surface area contributed by atoms with Gasteiger partial charge in [-0.2, -0.15) is 54.0 Å². The third kappa shape index (κ3) is 22.1. The minimum absolute atomic E-state index is 0.0521. The van der Waals surface area contributed by atoms with Crippen molar-refractivity contribution in [2.45, 2.75) is 45.7 Å². The van der Waals surface area contributed by atoms with E-state index in [1.807, 2.05) is 90.2 Å². The number of aromatic nitrogens is 20. The summed E-state index contributed by atoms with van der Waals surface area (Å²) in [6.45, 7) is 13.3. The Morgan fingerprint density at radius 1 is 0.435 bits per heavy atom. The normalized spacial score (nSPS) is 13.2. The second-order valence-electron chi connectivity index (χ2n) is 28.5. The highest BCUT2D eigenvalue weighted by atomic mass is 19.4. The summed E-state index contributed by atoms with van der Waals surface area (Å²) in [6, 6.07) is 37.1. The van der Waals surface area contributed by atoms with Crippen LogP contribution in [0.15, 0.2) is 238 Å². The Balaban J connectivity index is 0.000000128. The van der Waals surface area contributed by atoms with E-state index in [-0.39, 0.29) is 60.0 Å². The highest BCUT2D eigenvalue weighted by Gasteiger charge is 2.29. The number of likely N-dealkylation sites (N-methyl/N-ethyl adjacent to an activating group) is 1. The zero-order chi connectivity index (χ0) is 85.7. The summed E-state index contributed by atoms with van der Waals surface area (Å²) >= 11 is 0. The summed E-state index contributed by atoms with van der Waals surface area (Å²) in [5, 5.41) is 56.3. The van der Waals surface area contributed by atoms with E-state index in [4.69, 9.17) is 32.6 Å². The number of nitrogens with zero attached hydrogens (tertiary/aromatic N) is 19. The molecule has 0 unspecified atom stereocenters. The average Bonchev–Trinajstić information content (AvgIpc) is 1.67. The second-order valence-corrected chi connectivity index (χ2v) is 28.5. The summed E-state index contributed by atoms with van der Waals surface area (Å²) in [5.74, 6) is 1.23. The Kier molecular flexibility index (Phi) is 27.0. The zero-order valence-electron chi connectivity index (χ0n) is 67.2. The molecule has 0 atom stereocenters. The number of carbonyl (C=O) groups excluding carboxylic acids is 4. The molecule has 0 spiro atoms. The number of halogens is 3. The molecule has 2 saturated heterocycles. The molecule has 40 heteroatoms. The number of hydrogen-bond donors (Lipinski definition) is 8. The zero-order valence-corrected chi connectivity index (χ0v) is 67.2. The number of nitrogens with one attached hydrogen (secondary N) is 8. The Hall–Kier alpha value is -15.1. The van der Waals surface area contributed by atoms with Crippen LogP contribution >= 0.6 is 0 Å². The van der Waals surface area contributed by atoms with Crippen LogP contribution in [0.25, 0.3) is 91.0 Å². The molecule has 37 nitrogen and oxygen atoms in total. The lowest BCUT2D eigenvalue weighted by Gasteiger charge is -2.32. The quantitative estimate of drug-likeness (QED) is 0.0222. The molecule has 2 aliphatic rings. The van der Waals surface area contributed by atoms with Crippen LogP contribution in [0.3, 0.4) is 0 Å². The van der Waals surface area contributed by atoms with Crippen molar-refractivity contribution < 1.29 is 59.5 Å². The fourth-order valence-corrected chi connectivity index (χ4v) is 12.9. The second kappa shape index (κ2) is 39.8. The molecule has 2 fully saturated rings. The van der Waals surface area contributed by atoms with E-state index in [9.17, 15) is 32.3 Å². The van der Waals surface area contributed by atoms with Crippen LogP contribution in [0.5, 0.6) is 0 Å².